The number of halogens is 1. The van der Waals surface area contributed by atoms with Gasteiger partial charge in [-0.1, -0.05) is 17.7 Å². The van der Waals surface area contributed by atoms with Crippen molar-refractivity contribution < 1.29 is 19.4 Å². The molecule has 0 saturated heterocycles. The van der Waals surface area contributed by atoms with Gasteiger partial charge < -0.3 is 14.6 Å². The third-order valence-electron chi connectivity index (χ3n) is 4.83. The number of benzene rings is 2. The summed E-state index contributed by atoms with van der Waals surface area (Å²) in [7, 11) is 0. The highest BCUT2D eigenvalue weighted by Crippen LogP contribution is 2.40. The maximum Gasteiger partial charge on any atom is 0.303 e. The van der Waals surface area contributed by atoms with Crippen molar-refractivity contribution in [1.82, 2.24) is 0 Å². The van der Waals surface area contributed by atoms with E-state index in [2.05, 4.69) is 13.8 Å². The Bertz CT molecular complexity index is 886. The van der Waals surface area contributed by atoms with Crippen LogP contribution in [-0.2, 0) is 24.2 Å². The highest BCUT2D eigenvalue weighted by molar-refractivity contribution is 6.30. The van der Waals surface area contributed by atoms with Crippen molar-refractivity contribution in [2.75, 3.05) is 0 Å². The SMILES string of the molecule is Cc1cc(OCc2cc(Cl)cc3c2OC(C)(C)C3)c(C)cc1CCC(=O)O. The molecule has 1 heterocycles. The molecular weight excluding hydrogens is 364 g/mol. The van der Waals surface area contributed by atoms with E-state index in [9.17, 15) is 4.79 Å². The summed E-state index contributed by atoms with van der Waals surface area (Å²) >= 11 is 6.28. The Kier molecular flexibility index (Phi) is 5.38. The van der Waals surface area contributed by atoms with E-state index in [0.29, 0.717) is 18.1 Å². The van der Waals surface area contributed by atoms with Crippen LogP contribution in [-0.4, -0.2) is 16.7 Å². The minimum absolute atomic E-state index is 0.127. The molecule has 0 unspecified atom stereocenters. The standard InChI is InChI=1S/C22H25ClO4/c1-13-8-19(14(2)7-15(13)5-6-20(24)25)26-12-17-10-18(23)9-16-11-22(3,4)27-21(16)17/h7-10H,5-6,11-12H2,1-4H3,(H,24,25). The maximum absolute atomic E-state index is 10.8. The van der Waals surface area contributed by atoms with E-state index in [1.54, 1.807) is 0 Å². The summed E-state index contributed by atoms with van der Waals surface area (Å²) in [5, 5.41) is 9.57. The van der Waals surface area contributed by atoms with Gasteiger partial charge in [0.1, 0.15) is 23.7 Å². The van der Waals surface area contributed by atoms with E-state index in [1.165, 1.54) is 0 Å². The molecule has 0 aliphatic carbocycles. The van der Waals surface area contributed by atoms with Crippen LogP contribution in [0.3, 0.4) is 0 Å². The second-order valence-electron chi connectivity index (χ2n) is 7.82. The second kappa shape index (κ2) is 7.43. The highest BCUT2D eigenvalue weighted by atomic mass is 35.5. The number of aliphatic carboxylic acids is 1. The third kappa shape index (κ3) is 4.56. The number of aryl methyl sites for hydroxylation is 3. The summed E-state index contributed by atoms with van der Waals surface area (Å²) in [4.78, 5) is 10.8. The lowest BCUT2D eigenvalue weighted by atomic mass is 10.00. The topological polar surface area (TPSA) is 55.8 Å². The molecule has 1 aliphatic rings. The van der Waals surface area contributed by atoms with Gasteiger partial charge in [-0.15, -0.1) is 0 Å². The van der Waals surface area contributed by atoms with Gasteiger partial charge in [0, 0.05) is 23.4 Å². The van der Waals surface area contributed by atoms with Crippen LogP contribution in [0.4, 0.5) is 0 Å². The molecule has 0 radical (unpaired) electrons. The molecule has 0 amide bonds. The van der Waals surface area contributed by atoms with Gasteiger partial charge in [0.25, 0.3) is 0 Å². The Labute approximate surface area is 165 Å². The Balaban J connectivity index is 1.78. The van der Waals surface area contributed by atoms with Crippen LogP contribution in [0.15, 0.2) is 24.3 Å². The number of fused-ring (bicyclic) bond motifs is 1. The molecule has 2 aromatic carbocycles. The highest BCUT2D eigenvalue weighted by Gasteiger charge is 2.32. The zero-order chi connectivity index (χ0) is 19.8. The van der Waals surface area contributed by atoms with Crippen molar-refractivity contribution in [2.45, 2.75) is 59.2 Å². The molecular formula is C22H25ClO4. The molecule has 0 aromatic heterocycles. The summed E-state index contributed by atoms with van der Waals surface area (Å²) in [5.41, 5.74) is 4.88. The number of hydrogen-bond acceptors (Lipinski definition) is 3. The van der Waals surface area contributed by atoms with Crippen LogP contribution in [0.25, 0.3) is 0 Å². The lowest BCUT2D eigenvalue weighted by Crippen LogP contribution is -2.25. The van der Waals surface area contributed by atoms with Crippen molar-refractivity contribution in [3.8, 4) is 11.5 Å². The van der Waals surface area contributed by atoms with Gasteiger partial charge in [0.2, 0.25) is 0 Å². The van der Waals surface area contributed by atoms with E-state index in [-0.39, 0.29) is 12.0 Å². The summed E-state index contributed by atoms with van der Waals surface area (Å²) < 4.78 is 12.2. The van der Waals surface area contributed by atoms with Gasteiger partial charge in [-0.25, -0.2) is 0 Å². The first-order valence-electron chi connectivity index (χ1n) is 9.09. The quantitative estimate of drug-likeness (QED) is 0.732. The van der Waals surface area contributed by atoms with Crippen LogP contribution >= 0.6 is 11.6 Å². The summed E-state index contributed by atoms with van der Waals surface area (Å²) in [6.45, 7) is 8.45. The van der Waals surface area contributed by atoms with Crippen LogP contribution in [0, 0.1) is 13.8 Å². The molecule has 1 N–H and O–H groups in total. The minimum Gasteiger partial charge on any atom is -0.488 e. The molecule has 0 spiro atoms. The number of ether oxygens (including phenoxy) is 2. The van der Waals surface area contributed by atoms with E-state index >= 15 is 0 Å². The molecule has 27 heavy (non-hydrogen) atoms. The fourth-order valence-electron chi connectivity index (χ4n) is 3.52. The molecule has 5 heteroatoms. The molecule has 0 bridgehead atoms. The average Bonchev–Trinajstić information content (AvgIpc) is 2.87. The Morgan fingerprint density at radius 3 is 2.63 bits per heavy atom. The zero-order valence-electron chi connectivity index (χ0n) is 16.2. The normalized spacial score (nSPS) is 14.6. The minimum atomic E-state index is -0.787. The van der Waals surface area contributed by atoms with Gasteiger partial charge in [0.15, 0.2) is 0 Å². The monoisotopic (exact) mass is 388 g/mol. The van der Waals surface area contributed by atoms with E-state index in [1.807, 2.05) is 38.1 Å². The summed E-state index contributed by atoms with van der Waals surface area (Å²) in [6, 6.07) is 7.84. The average molecular weight is 389 g/mol. The van der Waals surface area contributed by atoms with E-state index in [0.717, 1.165) is 45.7 Å². The molecule has 0 saturated carbocycles. The maximum atomic E-state index is 10.8. The lowest BCUT2D eigenvalue weighted by molar-refractivity contribution is -0.136. The lowest BCUT2D eigenvalue weighted by Gasteiger charge is -2.19. The van der Waals surface area contributed by atoms with Gasteiger partial charge in [0.05, 0.1) is 0 Å². The molecule has 4 nitrogen and oxygen atoms in total. The van der Waals surface area contributed by atoms with Gasteiger partial charge in [-0.3, -0.25) is 4.79 Å². The number of carbonyl (C=O) groups is 1. The molecule has 2 aromatic rings. The number of carboxylic acid groups (broad SMARTS) is 1. The first kappa shape index (κ1) is 19.6. The smallest absolute Gasteiger partial charge is 0.303 e. The molecule has 1 aliphatic heterocycles. The van der Waals surface area contributed by atoms with Crippen molar-refractivity contribution in [3.05, 3.63) is 57.1 Å². The van der Waals surface area contributed by atoms with Crippen molar-refractivity contribution >= 4 is 17.6 Å². The fourth-order valence-corrected chi connectivity index (χ4v) is 3.79. The van der Waals surface area contributed by atoms with E-state index < -0.39 is 5.97 Å². The van der Waals surface area contributed by atoms with Crippen LogP contribution in [0.1, 0.15) is 48.1 Å². The van der Waals surface area contributed by atoms with Gasteiger partial charge in [-0.2, -0.15) is 0 Å². The second-order valence-corrected chi connectivity index (χ2v) is 8.25. The first-order valence-corrected chi connectivity index (χ1v) is 9.47. The molecule has 3 rings (SSSR count). The fraction of sp³-hybridized carbons (Fsp3) is 0.409. The number of hydrogen-bond donors (Lipinski definition) is 1. The van der Waals surface area contributed by atoms with Crippen LogP contribution in [0.2, 0.25) is 5.02 Å². The summed E-state index contributed by atoms with van der Waals surface area (Å²) in [5.74, 6) is 0.875. The van der Waals surface area contributed by atoms with Crippen molar-refractivity contribution in [3.63, 3.8) is 0 Å². The summed E-state index contributed by atoms with van der Waals surface area (Å²) in [6.07, 6.45) is 1.47. The van der Waals surface area contributed by atoms with Crippen molar-refractivity contribution in [1.29, 1.82) is 0 Å². The van der Waals surface area contributed by atoms with Crippen LogP contribution < -0.4 is 9.47 Å². The van der Waals surface area contributed by atoms with Gasteiger partial charge >= 0.3 is 5.97 Å². The van der Waals surface area contributed by atoms with Crippen molar-refractivity contribution in [2.24, 2.45) is 0 Å². The van der Waals surface area contributed by atoms with E-state index in [4.69, 9.17) is 26.2 Å². The number of carboxylic acids is 1. The Morgan fingerprint density at radius 1 is 1.19 bits per heavy atom. The Morgan fingerprint density at radius 2 is 1.93 bits per heavy atom. The third-order valence-corrected chi connectivity index (χ3v) is 5.05. The van der Waals surface area contributed by atoms with Crippen LogP contribution in [0.5, 0.6) is 11.5 Å². The largest absolute Gasteiger partial charge is 0.488 e. The predicted molar refractivity (Wildman–Crippen MR) is 106 cm³/mol. The molecule has 0 fully saturated rings. The van der Waals surface area contributed by atoms with Gasteiger partial charge in [-0.05, 0) is 74.6 Å². The Hall–Kier alpha value is -2.20. The number of rotatable bonds is 6. The predicted octanol–water partition coefficient (Wildman–Crippen LogP) is 5.27. The molecule has 0 atom stereocenters. The molecule has 144 valence electrons. The first-order chi connectivity index (χ1) is 12.6. The zero-order valence-corrected chi connectivity index (χ0v) is 16.9.